The van der Waals surface area contributed by atoms with Crippen molar-refractivity contribution in [1.29, 1.82) is 0 Å². The third-order valence-corrected chi connectivity index (χ3v) is 5.74. The molecule has 3 aliphatic rings. The average molecular weight is 344 g/mol. The van der Waals surface area contributed by atoms with E-state index in [0.29, 0.717) is 12.1 Å². The normalized spacial score (nSPS) is 26.4. The Balaban J connectivity index is 1.39. The molecule has 26 heavy (non-hydrogen) atoms. The first-order chi connectivity index (χ1) is 12.9. The Hall–Kier alpha value is -2.46. The van der Waals surface area contributed by atoms with Crippen LogP contribution in [0, 0.1) is 0 Å². The fourth-order valence-corrected chi connectivity index (χ4v) is 4.44. The molecule has 2 fully saturated rings. The minimum Gasteiger partial charge on any atom is -0.366 e. The Morgan fingerprint density at radius 3 is 2.81 bits per heavy atom. The molecule has 4 nitrogen and oxygen atoms in total. The van der Waals surface area contributed by atoms with E-state index in [-0.39, 0.29) is 0 Å². The Kier molecular flexibility index (Phi) is 4.06. The van der Waals surface area contributed by atoms with Crippen LogP contribution in [0.4, 0.5) is 5.69 Å². The highest BCUT2D eigenvalue weighted by molar-refractivity contribution is 6.15. The van der Waals surface area contributed by atoms with Gasteiger partial charge >= 0.3 is 0 Å². The molecular formula is C22H24N4. The zero-order valence-corrected chi connectivity index (χ0v) is 14.9. The number of aromatic nitrogens is 1. The molecule has 2 atom stereocenters. The molecule has 4 heteroatoms. The second-order valence-electron chi connectivity index (χ2n) is 7.48. The molecule has 0 aliphatic carbocycles. The highest BCUT2D eigenvalue weighted by Crippen LogP contribution is 2.30. The molecule has 5 rings (SSSR count). The van der Waals surface area contributed by atoms with Crippen molar-refractivity contribution < 1.29 is 0 Å². The van der Waals surface area contributed by atoms with Crippen LogP contribution in [0.15, 0.2) is 59.4 Å². The quantitative estimate of drug-likeness (QED) is 0.929. The summed E-state index contributed by atoms with van der Waals surface area (Å²) in [6.45, 7) is 3.18. The van der Waals surface area contributed by atoms with Crippen molar-refractivity contribution in [2.24, 2.45) is 4.99 Å². The van der Waals surface area contributed by atoms with Gasteiger partial charge in [0.15, 0.2) is 0 Å². The fourth-order valence-electron chi connectivity index (χ4n) is 4.44. The molecule has 3 aliphatic heterocycles. The van der Waals surface area contributed by atoms with Gasteiger partial charge in [0.25, 0.3) is 0 Å². The lowest BCUT2D eigenvalue weighted by Gasteiger charge is -2.29. The van der Waals surface area contributed by atoms with E-state index in [1.54, 1.807) is 0 Å². The molecule has 4 heterocycles. The second kappa shape index (κ2) is 6.69. The maximum absolute atomic E-state index is 4.78. The van der Waals surface area contributed by atoms with Crippen molar-refractivity contribution in [3.05, 3.63) is 65.5 Å². The van der Waals surface area contributed by atoms with Gasteiger partial charge in [-0.15, -0.1) is 0 Å². The van der Waals surface area contributed by atoms with Crippen molar-refractivity contribution in [3.63, 3.8) is 0 Å². The van der Waals surface area contributed by atoms with Crippen molar-refractivity contribution in [3.8, 4) is 0 Å². The first-order valence-corrected chi connectivity index (χ1v) is 9.63. The highest BCUT2D eigenvalue weighted by Gasteiger charge is 2.37. The summed E-state index contributed by atoms with van der Waals surface area (Å²) in [6, 6.07) is 14.5. The number of hydrogen-bond donors (Lipinski definition) is 1. The van der Waals surface area contributed by atoms with Crippen LogP contribution in [0.1, 0.15) is 30.4 Å². The summed E-state index contributed by atoms with van der Waals surface area (Å²) >= 11 is 0. The van der Waals surface area contributed by atoms with Gasteiger partial charge in [-0.3, -0.25) is 9.98 Å². The number of aliphatic imine (C=N–C) groups is 1. The van der Waals surface area contributed by atoms with E-state index in [0.717, 1.165) is 43.8 Å². The lowest BCUT2D eigenvalue weighted by Crippen LogP contribution is -2.43. The number of pyridine rings is 1. The maximum Gasteiger partial charge on any atom is 0.0694 e. The summed E-state index contributed by atoms with van der Waals surface area (Å²) in [5, 5.41) is 3.57. The summed E-state index contributed by atoms with van der Waals surface area (Å²) in [4.78, 5) is 11.6. The lowest BCUT2D eigenvalue weighted by molar-refractivity contribution is 0.580. The third-order valence-electron chi connectivity index (χ3n) is 5.74. The predicted molar refractivity (Wildman–Crippen MR) is 107 cm³/mol. The molecule has 0 unspecified atom stereocenters. The van der Waals surface area contributed by atoms with E-state index in [4.69, 9.17) is 4.99 Å². The number of rotatable bonds is 3. The summed E-state index contributed by atoms with van der Waals surface area (Å²) < 4.78 is 0. The number of nitrogens with one attached hydrogen (secondary N) is 1. The van der Waals surface area contributed by atoms with Crippen LogP contribution in [0.2, 0.25) is 0 Å². The summed E-state index contributed by atoms with van der Waals surface area (Å²) in [5.74, 6) is 0. The monoisotopic (exact) mass is 344 g/mol. The largest absolute Gasteiger partial charge is 0.366 e. The van der Waals surface area contributed by atoms with Gasteiger partial charge in [0.1, 0.15) is 0 Å². The van der Waals surface area contributed by atoms with Crippen LogP contribution in [0.5, 0.6) is 0 Å². The van der Waals surface area contributed by atoms with Gasteiger partial charge in [0, 0.05) is 55.4 Å². The number of fused-ring (bicyclic) bond motifs is 2. The zero-order chi connectivity index (χ0) is 17.3. The molecule has 0 amide bonds. The van der Waals surface area contributed by atoms with Crippen LogP contribution in [0.3, 0.4) is 0 Å². The SMILES string of the molecule is C(=C1/CCCN=C1c1cccnc1)/c1ccc(N2C[C@H]3C[C@@H]2CN3)cc1. The van der Waals surface area contributed by atoms with Gasteiger partial charge in [-0.25, -0.2) is 0 Å². The predicted octanol–water partition coefficient (Wildman–Crippen LogP) is 3.30. The molecular weight excluding hydrogens is 320 g/mol. The Morgan fingerprint density at radius 2 is 2.08 bits per heavy atom. The van der Waals surface area contributed by atoms with E-state index in [9.17, 15) is 0 Å². The van der Waals surface area contributed by atoms with E-state index in [1.165, 1.54) is 23.2 Å². The fraction of sp³-hybridized carbons (Fsp3) is 0.364. The van der Waals surface area contributed by atoms with Gasteiger partial charge in [-0.1, -0.05) is 12.1 Å². The first-order valence-electron chi connectivity index (χ1n) is 9.63. The van der Waals surface area contributed by atoms with E-state index >= 15 is 0 Å². The number of piperazine rings is 1. The van der Waals surface area contributed by atoms with Gasteiger partial charge in [-0.2, -0.15) is 0 Å². The molecule has 0 spiro atoms. The molecule has 2 aromatic rings. The number of nitrogens with zero attached hydrogens (tertiary/aromatic N) is 3. The standard InChI is InChI=1S/C22H24N4/c1-4-18(13-23-9-1)22-17(3-2-10-24-22)11-16-5-7-20(8-6-16)26-15-19-12-21(26)14-25-19/h1,4-9,11,13,19,21,25H,2-3,10,12,14-15H2/b17-11+/t19-,21-/m1/s1. The maximum atomic E-state index is 4.78. The Morgan fingerprint density at radius 1 is 1.15 bits per heavy atom. The van der Waals surface area contributed by atoms with Crippen molar-refractivity contribution in [2.75, 3.05) is 24.5 Å². The van der Waals surface area contributed by atoms with Crippen LogP contribution < -0.4 is 10.2 Å². The smallest absolute Gasteiger partial charge is 0.0694 e. The van der Waals surface area contributed by atoms with Crippen molar-refractivity contribution >= 4 is 17.5 Å². The van der Waals surface area contributed by atoms with Gasteiger partial charge in [0.2, 0.25) is 0 Å². The summed E-state index contributed by atoms with van der Waals surface area (Å²) in [5.41, 5.74) is 6.16. The third kappa shape index (κ3) is 2.95. The minimum absolute atomic E-state index is 0.673. The molecule has 1 aromatic carbocycles. The molecule has 2 saturated heterocycles. The van der Waals surface area contributed by atoms with Crippen LogP contribution in [-0.2, 0) is 0 Å². The van der Waals surface area contributed by atoms with Crippen molar-refractivity contribution in [1.82, 2.24) is 10.3 Å². The number of benzene rings is 1. The van der Waals surface area contributed by atoms with Gasteiger partial charge in [0.05, 0.1) is 5.71 Å². The molecule has 132 valence electrons. The van der Waals surface area contributed by atoms with Crippen LogP contribution in [-0.4, -0.2) is 42.4 Å². The molecule has 1 N–H and O–H groups in total. The van der Waals surface area contributed by atoms with Crippen LogP contribution >= 0.6 is 0 Å². The zero-order valence-electron chi connectivity index (χ0n) is 14.9. The minimum atomic E-state index is 0.673. The number of anilines is 1. The Labute approximate surface area is 154 Å². The molecule has 0 radical (unpaired) electrons. The second-order valence-corrected chi connectivity index (χ2v) is 7.48. The average Bonchev–Trinajstić information content (AvgIpc) is 3.33. The summed E-state index contributed by atoms with van der Waals surface area (Å²) in [6.07, 6.45) is 9.52. The summed E-state index contributed by atoms with van der Waals surface area (Å²) in [7, 11) is 0. The van der Waals surface area contributed by atoms with Crippen molar-refractivity contribution in [2.45, 2.75) is 31.3 Å². The Bertz CT molecular complexity index is 838. The number of hydrogen-bond acceptors (Lipinski definition) is 4. The van der Waals surface area contributed by atoms with E-state index in [1.807, 2.05) is 18.5 Å². The highest BCUT2D eigenvalue weighted by atomic mass is 15.3. The topological polar surface area (TPSA) is 40.5 Å². The number of allylic oxidation sites excluding steroid dienone is 1. The van der Waals surface area contributed by atoms with Crippen LogP contribution in [0.25, 0.3) is 6.08 Å². The lowest BCUT2D eigenvalue weighted by atomic mass is 9.95. The van der Waals surface area contributed by atoms with Gasteiger partial charge in [-0.05, 0) is 60.7 Å². The molecule has 0 saturated carbocycles. The first kappa shape index (κ1) is 15.8. The van der Waals surface area contributed by atoms with E-state index < -0.39 is 0 Å². The van der Waals surface area contributed by atoms with E-state index in [2.05, 4.69) is 51.6 Å². The van der Waals surface area contributed by atoms with Gasteiger partial charge < -0.3 is 10.2 Å². The molecule has 1 aromatic heterocycles. The molecule has 2 bridgehead atoms.